The van der Waals surface area contributed by atoms with E-state index in [0.717, 1.165) is 19.4 Å². The maximum Gasteiger partial charge on any atom is 0.236 e. The Labute approximate surface area is 92.5 Å². The number of carbonyl (C=O) groups excluding carboxylic acids is 1. The van der Waals surface area contributed by atoms with Crippen molar-refractivity contribution in [3.63, 3.8) is 0 Å². The highest BCUT2D eigenvalue weighted by molar-refractivity contribution is 5.78. The SMILES string of the molecule is C=CCNCC(=O)N1CCCCCC1C. The number of carbonyl (C=O) groups is 1. The molecule has 1 fully saturated rings. The van der Waals surface area contributed by atoms with E-state index in [1.54, 1.807) is 6.08 Å². The Bertz CT molecular complexity index is 216. The summed E-state index contributed by atoms with van der Waals surface area (Å²) >= 11 is 0. The van der Waals surface area contributed by atoms with Gasteiger partial charge in [-0.3, -0.25) is 4.79 Å². The van der Waals surface area contributed by atoms with Gasteiger partial charge in [0.2, 0.25) is 5.91 Å². The monoisotopic (exact) mass is 210 g/mol. The molecule has 1 rings (SSSR count). The number of hydrogen-bond acceptors (Lipinski definition) is 2. The van der Waals surface area contributed by atoms with E-state index in [2.05, 4.69) is 18.8 Å². The van der Waals surface area contributed by atoms with Crippen LogP contribution in [0.1, 0.15) is 32.6 Å². The van der Waals surface area contributed by atoms with Gasteiger partial charge in [-0.25, -0.2) is 0 Å². The maximum absolute atomic E-state index is 11.9. The molecule has 1 atom stereocenters. The molecule has 1 aliphatic rings. The van der Waals surface area contributed by atoms with E-state index in [0.29, 0.717) is 19.1 Å². The zero-order chi connectivity index (χ0) is 11.1. The van der Waals surface area contributed by atoms with Crippen molar-refractivity contribution < 1.29 is 4.79 Å². The Balaban J connectivity index is 2.37. The highest BCUT2D eigenvalue weighted by Gasteiger charge is 2.20. The van der Waals surface area contributed by atoms with Crippen LogP contribution in [0.15, 0.2) is 12.7 Å². The lowest BCUT2D eigenvalue weighted by Gasteiger charge is -2.27. The maximum atomic E-state index is 11.9. The van der Waals surface area contributed by atoms with Gasteiger partial charge in [-0.05, 0) is 19.8 Å². The molecule has 0 aromatic carbocycles. The summed E-state index contributed by atoms with van der Waals surface area (Å²) in [5.74, 6) is 0.228. The van der Waals surface area contributed by atoms with Crippen LogP contribution in [0.2, 0.25) is 0 Å². The molecule has 1 unspecified atom stereocenters. The molecule has 0 aliphatic carbocycles. The van der Waals surface area contributed by atoms with Crippen LogP contribution in [-0.4, -0.2) is 36.5 Å². The van der Waals surface area contributed by atoms with Crippen molar-refractivity contribution in [2.24, 2.45) is 0 Å². The van der Waals surface area contributed by atoms with Crippen LogP contribution >= 0.6 is 0 Å². The molecular weight excluding hydrogens is 188 g/mol. The van der Waals surface area contributed by atoms with Crippen LogP contribution in [0.4, 0.5) is 0 Å². The van der Waals surface area contributed by atoms with E-state index in [4.69, 9.17) is 0 Å². The Morgan fingerprint density at radius 3 is 3.07 bits per heavy atom. The summed E-state index contributed by atoms with van der Waals surface area (Å²) in [7, 11) is 0. The predicted molar refractivity (Wildman–Crippen MR) is 62.7 cm³/mol. The fraction of sp³-hybridized carbons (Fsp3) is 0.750. The summed E-state index contributed by atoms with van der Waals surface area (Å²) in [5.41, 5.74) is 0. The Morgan fingerprint density at radius 1 is 1.53 bits per heavy atom. The smallest absolute Gasteiger partial charge is 0.236 e. The lowest BCUT2D eigenvalue weighted by atomic mass is 10.1. The number of rotatable bonds is 4. The number of nitrogens with zero attached hydrogens (tertiary/aromatic N) is 1. The minimum absolute atomic E-state index is 0.228. The molecule has 3 heteroatoms. The normalized spacial score (nSPS) is 22.2. The van der Waals surface area contributed by atoms with E-state index in [-0.39, 0.29) is 5.91 Å². The van der Waals surface area contributed by atoms with Gasteiger partial charge in [-0.1, -0.05) is 18.9 Å². The second-order valence-corrected chi connectivity index (χ2v) is 4.21. The van der Waals surface area contributed by atoms with Crippen molar-refractivity contribution in [2.75, 3.05) is 19.6 Å². The fourth-order valence-corrected chi connectivity index (χ4v) is 2.03. The molecule has 1 aliphatic heterocycles. The molecule has 0 bridgehead atoms. The summed E-state index contributed by atoms with van der Waals surface area (Å²) in [6.45, 7) is 7.83. The lowest BCUT2D eigenvalue weighted by molar-refractivity contribution is -0.132. The average Bonchev–Trinajstić information content (AvgIpc) is 2.43. The number of likely N-dealkylation sites (tertiary alicyclic amines) is 1. The van der Waals surface area contributed by atoms with E-state index in [1.165, 1.54) is 12.8 Å². The molecule has 0 spiro atoms. The van der Waals surface area contributed by atoms with Gasteiger partial charge >= 0.3 is 0 Å². The number of hydrogen-bond donors (Lipinski definition) is 1. The first kappa shape index (κ1) is 12.2. The molecule has 0 radical (unpaired) electrons. The van der Waals surface area contributed by atoms with E-state index < -0.39 is 0 Å². The third-order valence-electron chi connectivity index (χ3n) is 2.94. The van der Waals surface area contributed by atoms with Crippen LogP contribution < -0.4 is 5.32 Å². The first-order valence-corrected chi connectivity index (χ1v) is 5.86. The van der Waals surface area contributed by atoms with Crippen LogP contribution in [0.3, 0.4) is 0 Å². The second-order valence-electron chi connectivity index (χ2n) is 4.21. The van der Waals surface area contributed by atoms with Crippen LogP contribution in [0.5, 0.6) is 0 Å². The number of amides is 1. The van der Waals surface area contributed by atoms with Gasteiger partial charge in [0.25, 0.3) is 0 Å². The zero-order valence-electron chi connectivity index (χ0n) is 9.67. The first-order chi connectivity index (χ1) is 7.25. The largest absolute Gasteiger partial charge is 0.339 e. The third-order valence-corrected chi connectivity index (χ3v) is 2.94. The van der Waals surface area contributed by atoms with Crippen molar-refractivity contribution in [2.45, 2.75) is 38.6 Å². The Kier molecular flexibility index (Phi) is 5.40. The summed E-state index contributed by atoms with van der Waals surface area (Å²) in [5, 5.41) is 3.06. The molecule has 1 heterocycles. The van der Waals surface area contributed by atoms with Crippen molar-refractivity contribution in [3.05, 3.63) is 12.7 Å². The zero-order valence-corrected chi connectivity index (χ0v) is 9.67. The summed E-state index contributed by atoms with van der Waals surface area (Å²) < 4.78 is 0. The molecule has 1 saturated heterocycles. The minimum Gasteiger partial charge on any atom is -0.339 e. The molecule has 0 aromatic heterocycles. The van der Waals surface area contributed by atoms with Gasteiger partial charge in [0, 0.05) is 19.1 Å². The van der Waals surface area contributed by atoms with E-state index >= 15 is 0 Å². The van der Waals surface area contributed by atoms with Gasteiger partial charge in [-0.15, -0.1) is 6.58 Å². The second kappa shape index (κ2) is 6.62. The molecule has 1 amide bonds. The average molecular weight is 210 g/mol. The highest BCUT2D eigenvalue weighted by Crippen LogP contribution is 2.15. The summed E-state index contributed by atoms with van der Waals surface area (Å²) in [6.07, 6.45) is 6.59. The third kappa shape index (κ3) is 4.04. The van der Waals surface area contributed by atoms with Crippen molar-refractivity contribution in [1.82, 2.24) is 10.2 Å². The van der Waals surface area contributed by atoms with Crippen LogP contribution in [-0.2, 0) is 4.79 Å². The van der Waals surface area contributed by atoms with Crippen LogP contribution in [0, 0.1) is 0 Å². The summed E-state index contributed by atoms with van der Waals surface area (Å²) in [4.78, 5) is 13.9. The Morgan fingerprint density at radius 2 is 2.33 bits per heavy atom. The molecule has 0 aromatic rings. The van der Waals surface area contributed by atoms with Gasteiger partial charge in [-0.2, -0.15) is 0 Å². The van der Waals surface area contributed by atoms with Crippen molar-refractivity contribution in [3.8, 4) is 0 Å². The minimum atomic E-state index is 0.228. The van der Waals surface area contributed by atoms with Gasteiger partial charge in [0.05, 0.1) is 6.54 Å². The fourth-order valence-electron chi connectivity index (χ4n) is 2.03. The first-order valence-electron chi connectivity index (χ1n) is 5.86. The Hall–Kier alpha value is -0.830. The van der Waals surface area contributed by atoms with Gasteiger partial charge in [0.15, 0.2) is 0 Å². The molecule has 15 heavy (non-hydrogen) atoms. The van der Waals surface area contributed by atoms with Crippen molar-refractivity contribution in [1.29, 1.82) is 0 Å². The topological polar surface area (TPSA) is 32.3 Å². The highest BCUT2D eigenvalue weighted by atomic mass is 16.2. The van der Waals surface area contributed by atoms with Crippen LogP contribution in [0.25, 0.3) is 0 Å². The molecule has 86 valence electrons. The molecule has 3 nitrogen and oxygen atoms in total. The number of nitrogens with one attached hydrogen (secondary N) is 1. The molecular formula is C12H22N2O. The van der Waals surface area contributed by atoms with Gasteiger partial charge < -0.3 is 10.2 Å². The quantitative estimate of drug-likeness (QED) is 0.564. The molecule has 0 saturated carbocycles. The predicted octanol–water partition coefficient (Wildman–Crippen LogP) is 1.55. The van der Waals surface area contributed by atoms with Gasteiger partial charge in [0.1, 0.15) is 0 Å². The summed E-state index contributed by atoms with van der Waals surface area (Å²) in [6, 6.07) is 0.408. The standard InChI is InChI=1S/C12H22N2O/c1-3-8-13-10-12(15)14-9-6-4-5-7-11(14)2/h3,11,13H,1,4-10H2,2H3. The van der Waals surface area contributed by atoms with E-state index in [9.17, 15) is 4.79 Å². The molecule has 1 N–H and O–H groups in total. The van der Waals surface area contributed by atoms with E-state index in [1.807, 2.05) is 4.90 Å². The lowest BCUT2D eigenvalue weighted by Crippen LogP contribution is -2.43. The van der Waals surface area contributed by atoms with Crippen molar-refractivity contribution >= 4 is 5.91 Å².